The van der Waals surface area contributed by atoms with Gasteiger partial charge in [-0.25, -0.2) is 0 Å². The van der Waals surface area contributed by atoms with Gasteiger partial charge in [-0.2, -0.15) is 0 Å². The highest BCUT2D eigenvalue weighted by molar-refractivity contribution is 7.85. The Hall–Kier alpha value is -0.670. The van der Waals surface area contributed by atoms with Crippen molar-refractivity contribution in [2.24, 2.45) is 0 Å². The summed E-state index contributed by atoms with van der Waals surface area (Å²) in [7, 11) is -0.775. The second-order valence-corrected chi connectivity index (χ2v) is 7.24. The van der Waals surface area contributed by atoms with Crippen LogP contribution in [0.25, 0.3) is 0 Å². The molecule has 2 unspecified atom stereocenters. The lowest BCUT2D eigenvalue weighted by atomic mass is 10.0. The largest absolute Gasteiger partial charge is 0.309 e. The van der Waals surface area contributed by atoms with Gasteiger partial charge in [-0.3, -0.25) is 4.21 Å². The fourth-order valence-electron chi connectivity index (χ4n) is 1.93. The first-order valence-corrected chi connectivity index (χ1v) is 8.66. The molecule has 0 saturated heterocycles. The van der Waals surface area contributed by atoms with E-state index in [1.165, 1.54) is 11.1 Å². The Balaban J connectivity index is 2.79. The van der Waals surface area contributed by atoms with Crippen LogP contribution >= 0.6 is 0 Å². The Morgan fingerprint density at radius 1 is 1.16 bits per heavy atom. The molecular formula is C16H27NOS. The normalized spacial score (nSPS) is 14.6. The zero-order valence-electron chi connectivity index (χ0n) is 12.6. The monoisotopic (exact) mass is 281 g/mol. The standard InChI is InChI=1S/C16H27NOS/c1-5-11-17-16(12-19(18)13(3)4)15-9-7-14(6-2)8-10-15/h7-10,13,16-17H,5-6,11-12H2,1-4H3. The summed E-state index contributed by atoms with van der Waals surface area (Å²) in [5, 5.41) is 3.74. The molecule has 1 aromatic rings. The van der Waals surface area contributed by atoms with E-state index in [-0.39, 0.29) is 11.3 Å². The summed E-state index contributed by atoms with van der Waals surface area (Å²) in [6.45, 7) is 9.33. The maximum atomic E-state index is 12.1. The van der Waals surface area contributed by atoms with Gasteiger partial charge in [0, 0.05) is 27.8 Å². The molecule has 2 nitrogen and oxygen atoms in total. The molecule has 1 N–H and O–H groups in total. The highest BCUT2D eigenvalue weighted by Crippen LogP contribution is 2.17. The fraction of sp³-hybridized carbons (Fsp3) is 0.625. The van der Waals surface area contributed by atoms with Crippen LogP contribution < -0.4 is 5.32 Å². The van der Waals surface area contributed by atoms with Crippen LogP contribution in [0.3, 0.4) is 0 Å². The third-order valence-electron chi connectivity index (χ3n) is 3.29. The number of benzene rings is 1. The van der Waals surface area contributed by atoms with Gasteiger partial charge in [0.1, 0.15) is 0 Å². The predicted molar refractivity (Wildman–Crippen MR) is 85.0 cm³/mol. The van der Waals surface area contributed by atoms with E-state index in [4.69, 9.17) is 0 Å². The van der Waals surface area contributed by atoms with Crippen molar-refractivity contribution < 1.29 is 4.21 Å². The maximum absolute atomic E-state index is 12.1. The molecule has 2 atom stereocenters. The number of hydrogen-bond acceptors (Lipinski definition) is 2. The summed E-state index contributed by atoms with van der Waals surface area (Å²) in [6.07, 6.45) is 2.16. The minimum absolute atomic E-state index is 0.203. The molecule has 3 heteroatoms. The van der Waals surface area contributed by atoms with E-state index in [0.717, 1.165) is 19.4 Å². The van der Waals surface area contributed by atoms with Crippen molar-refractivity contribution in [2.75, 3.05) is 12.3 Å². The van der Waals surface area contributed by atoms with Crippen LogP contribution in [0.15, 0.2) is 24.3 Å². The van der Waals surface area contributed by atoms with Gasteiger partial charge in [0.15, 0.2) is 0 Å². The van der Waals surface area contributed by atoms with Gasteiger partial charge in [-0.15, -0.1) is 0 Å². The van der Waals surface area contributed by atoms with Crippen LogP contribution in [-0.4, -0.2) is 21.8 Å². The predicted octanol–water partition coefficient (Wildman–Crippen LogP) is 3.45. The molecule has 0 aliphatic heterocycles. The first kappa shape index (κ1) is 16.4. The third-order valence-corrected chi connectivity index (χ3v) is 5.00. The van der Waals surface area contributed by atoms with Gasteiger partial charge in [0.25, 0.3) is 0 Å². The number of rotatable bonds is 8. The summed E-state index contributed by atoms with van der Waals surface area (Å²) in [6, 6.07) is 8.89. The van der Waals surface area contributed by atoms with E-state index in [1.54, 1.807) is 0 Å². The van der Waals surface area contributed by atoms with Gasteiger partial charge >= 0.3 is 0 Å². The maximum Gasteiger partial charge on any atom is 0.0436 e. The van der Waals surface area contributed by atoms with Gasteiger partial charge < -0.3 is 5.32 Å². The van der Waals surface area contributed by atoms with Gasteiger partial charge in [0.05, 0.1) is 0 Å². The SMILES string of the molecule is CCCNC(CS(=O)C(C)C)c1ccc(CC)cc1. The Morgan fingerprint density at radius 3 is 2.26 bits per heavy atom. The van der Waals surface area contributed by atoms with Crippen molar-refractivity contribution in [1.82, 2.24) is 5.32 Å². The average molecular weight is 281 g/mol. The molecule has 0 fully saturated rings. The summed E-state index contributed by atoms with van der Waals surface area (Å²) in [4.78, 5) is 0. The summed E-state index contributed by atoms with van der Waals surface area (Å²) >= 11 is 0. The highest BCUT2D eigenvalue weighted by Gasteiger charge is 2.16. The molecule has 1 aromatic carbocycles. The average Bonchev–Trinajstić information content (AvgIpc) is 2.43. The molecule has 0 radical (unpaired) electrons. The summed E-state index contributed by atoms with van der Waals surface area (Å²) < 4.78 is 12.1. The molecule has 0 amide bonds. The van der Waals surface area contributed by atoms with E-state index < -0.39 is 10.8 Å². The van der Waals surface area contributed by atoms with Crippen LogP contribution in [0.2, 0.25) is 0 Å². The number of aryl methyl sites for hydroxylation is 1. The van der Waals surface area contributed by atoms with Crippen molar-refractivity contribution in [1.29, 1.82) is 0 Å². The summed E-state index contributed by atoms with van der Waals surface area (Å²) in [5.74, 6) is 0.698. The first-order valence-electron chi connectivity index (χ1n) is 7.27. The molecule has 0 aromatic heterocycles. The molecule has 19 heavy (non-hydrogen) atoms. The first-order chi connectivity index (χ1) is 9.08. The fourth-order valence-corrected chi connectivity index (χ4v) is 2.96. The van der Waals surface area contributed by atoms with Crippen molar-refractivity contribution in [2.45, 2.75) is 51.8 Å². The molecule has 0 heterocycles. The zero-order valence-corrected chi connectivity index (χ0v) is 13.4. The lowest BCUT2D eigenvalue weighted by molar-refractivity contribution is 0.568. The third kappa shape index (κ3) is 5.45. The van der Waals surface area contributed by atoms with Crippen LogP contribution in [0.1, 0.15) is 51.3 Å². The Morgan fingerprint density at radius 2 is 1.79 bits per heavy atom. The minimum atomic E-state index is -0.775. The Kier molecular flexibility index (Phi) is 7.32. The topological polar surface area (TPSA) is 29.1 Å². The van der Waals surface area contributed by atoms with E-state index in [0.29, 0.717) is 5.75 Å². The van der Waals surface area contributed by atoms with Crippen LogP contribution in [-0.2, 0) is 17.2 Å². The van der Waals surface area contributed by atoms with E-state index >= 15 is 0 Å². The van der Waals surface area contributed by atoms with Crippen LogP contribution in [0.5, 0.6) is 0 Å². The van der Waals surface area contributed by atoms with E-state index in [2.05, 4.69) is 43.4 Å². The Bertz CT molecular complexity index is 386. The molecule has 0 saturated carbocycles. The number of hydrogen-bond donors (Lipinski definition) is 1. The van der Waals surface area contributed by atoms with Gasteiger partial charge in [-0.1, -0.05) is 52.0 Å². The molecule has 0 spiro atoms. The van der Waals surface area contributed by atoms with Crippen molar-refractivity contribution >= 4 is 10.8 Å². The molecule has 1 rings (SSSR count). The summed E-state index contributed by atoms with van der Waals surface area (Å²) in [5.41, 5.74) is 2.60. The molecule has 108 valence electrons. The van der Waals surface area contributed by atoms with Crippen molar-refractivity contribution in [3.63, 3.8) is 0 Å². The number of nitrogens with one attached hydrogen (secondary N) is 1. The van der Waals surface area contributed by atoms with E-state index in [1.807, 2.05) is 13.8 Å². The lowest BCUT2D eigenvalue weighted by Gasteiger charge is -2.20. The van der Waals surface area contributed by atoms with Crippen LogP contribution in [0, 0.1) is 0 Å². The highest BCUT2D eigenvalue weighted by atomic mass is 32.2. The molecule has 0 aliphatic carbocycles. The lowest BCUT2D eigenvalue weighted by Crippen LogP contribution is -2.29. The van der Waals surface area contributed by atoms with Gasteiger partial charge in [0.2, 0.25) is 0 Å². The second kappa shape index (κ2) is 8.49. The van der Waals surface area contributed by atoms with Gasteiger partial charge in [-0.05, 0) is 30.5 Å². The molecule has 0 bridgehead atoms. The second-order valence-electron chi connectivity index (χ2n) is 5.20. The minimum Gasteiger partial charge on any atom is -0.309 e. The van der Waals surface area contributed by atoms with E-state index in [9.17, 15) is 4.21 Å². The quantitative estimate of drug-likeness (QED) is 0.791. The van der Waals surface area contributed by atoms with Crippen molar-refractivity contribution in [3.8, 4) is 0 Å². The molecule has 0 aliphatic rings. The Labute approximate surface area is 120 Å². The zero-order chi connectivity index (χ0) is 14.3. The smallest absolute Gasteiger partial charge is 0.0436 e. The van der Waals surface area contributed by atoms with Crippen LogP contribution in [0.4, 0.5) is 0 Å². The van der Waals surface area contributed by atoms with Crippen molar-refractivity contribution in [3.05, 3.63) is 35.4 Å². The molecular weight excluding hydrogens is 254 g/mol.